The van der Waals surface area contributed by atoms with Crippen molar-refractivity contribution in [1.29, 1.82) is 0 Å². The summed E-state index contributed by atoms with van der Waals surface area (Å²) >= 11 is 0. The van der Waals surface area contributed by atoms with Gasteiger partial charge in [-0.15, -0.1) is 5.10 Å². The van der Waals surface area contributed by atoms with Crippen molar-refractivity contribution in [3.63, 3.8) is 0 Å². The first-order valence-electron chi connectivity index (χ1n) is 5.61. The van der Waals surface area contributed by atoms with E-state index in [1.54, 1.807) is 13.3 Å². The first-order valence-corrected chi connectivity index (χ1v) is 5.61. The highest BCUT2D eigenvalue weighted by Gasteiger charge is 2.04. The minimum absolute atomic E-state index is 0.0784. The van der Waals surface area contributed by atoms with Crippen molar-refractivity contribution >= 4 is 5.91 Å². The number of hydrogen-bond donors (Lipinski definition) is 2. The molecule has 96 valence electrons. The molecule has 0 aromatic carbocycles. The molecule has 0 atom stereocenters. The lowest BCUT2D eigenvalue weighted by Gasteiger charge is -2.04. The van der Waals surface area contributed by atoms with E-state index >= 15 is 0 Å². The molecule has 0 saturated carbocycles. The van der Waals surface area contributed by atoms with Crippen molar-refractivity contribution in [1.82, 2.24) is 20.3 Å². The Morgan fingerprint density at radius 2 is 2.47 bits per heavy atom. The number of nitrogens with one attached hydrogen (secondary N) is 1. The van der Waals surface area contributed by atoms with E-state index in [0.29, 0.717) is 26.1 Å². The van der Waals surface area contributed by atoms with Gasteiger partial charge in [0.25, 0.3) is 0 Å². The Morgan fingerprint density at radius 1 is 1.65 bits per heavy atom. The van der Waals surface area contributed by atoms with E-state index in [1.165, 1.54) is 4.68 Å². The summed E-state index contributed by atoms with van der Waals surface area (Å²) in [5.74, 6) is -0.0784. The second-order valence-corrected chi connectivity index (χ2v) is 3.64. The Labute approximate surface area is 100 Å². The third-order valence-electron chi connectivity index (χ3n) is 2.14. The molecule has 3 N–H and O–H groups in total. The number of ether oxygens (including phenoxy) is 1. The molecule has 1 amide bonds. The molecule has 1 heterocycles. The van der Waals surface area contributed by atoms with Crippen molar-refractivity contribution < 1.29 is 9.53 Å². The molecule has 0 aliphatic rings. The molecular formula is C10H19N5O2. The number of methoxy groups -OCH3 is 1. The van der Waals surface area contributed by atoms with Crippen LogP contribution in [0.4, 0.5) is 0 Å². The predicted molar refractivity (Wildman–Crippen MR) is 62.3 cm³/mol. The Balaban J connectivity index is 2.24. The van der Waals surface area contributed by atoms with Crippen molar-refractivity contribution in [3.8, 4) is 0 Å². The van der Waals surface area contributed by atoms with Gasteiger partial charge in [0.1, 0.15) is 6.54 Å². The third-order valence-corrected chi connectivity index (χ3v) is 2.14. The van der Waals surface area contributed by atoms with Gasteiger partial charge in [0.05, 0.1) is 5.69 Å². The van der Waals surface area contributed by atoms with Crippen LogP contribution in [0.3, 0.4) is 0 Å². The van der Waals surface area contributed by atoms with E-state index < -0.39 is 0 Å². The van der Waals surface area contributed by atoms with E-state index in [9.17, 15) is 4.79 Å². The minimum Gasteiger partial charge on any atom is -0.385 e. The van der Waals surface area contributed by atoms with E-state index in [0.717, 1.165) is 12.1 Å². The maximum Gasteiger partial charge on any atom is 0.241 e. The Hall–Kier alpha value is -1.47. The quantitative estimate of drug-likeness (QED) is 0.565. The monoisotopic (exact) mass is 241 g/mol. The van der Waals surface area contributed by atoms with E-state index in [-0.39, 0.29) is 12.5 Å². The fraction of sp³-hybridized carbons (Fsp3) is 0.700. The van der Waals surface area contributed by atoms with Crippen LogP contribution in [-0.2, 0) is 22.5 Å². The second-order valence-electron chi connectivity index (χ2n) is 3.64. The summed E-state index contributed by atoms with van der Waals surface area (Å²) in [6, 6.07) is 0. The zero-order valence-electron chi connectivity index (χ0n) is 10.1. The molecule has 0 aliphatic heterocycles. The summed E-state index contributed by atoms with van der Waals surface area (Å²) in [6.07, 6.45) is 3.22. The number of carbonyl (C=O) groups is 1. The second kappa shape index (κ2) is 7.75. The van der Waals surface area contributed by atoms with Crippen LogP contribution in [0.2, 0.25) is 0 Å². The number of nitrogens with two attached hydrogens (primary N) is 1. The summed E-state index contributed by atoms with van der Waals surface area (Å²) in [6.45, 7) is 1.97. The Bertz CT molecular complexity index is 339. The van der Waals surface area contributed by atoms with Crippen LogP contribution in [0, 0.1) is 0 Å². The molecule has 17 heavy (non-hydrogen) atoms. The topological polar surface area (TPSA) is 95.1 Å². The van der Waals surface area contributed by atoms with Crippen LogP contribution >= 0.6 is 0 Å². The largest absolute Gasteiger partial charge is 0.385 e. The molecule has 0 bridgehead atoms. The average Bonchev–Trinajstić information content (AvgIpc) is 2.73. The maximum absolute atomic E-state index is 11.5. The highest BCUT2D eigenvalue weighted by Crippen LogP contribution is 1.93. The zero-order chi connectivity index (χ0) is 12.5. The fourth-order valence-electron chi connectivity index (χ4n) is 1.33. The van der Waals surface area contributed by atoms with Crippen molar-refractivity contribution in [2.75, 3.05) is 26.8 Å². The highest BCUT2D eigenvalue weighted by molar-refractivity contribution is 5.75. The van der Waals surface area contributed by atoms with Crippen molar-refractivity contribution in [2.24, 2.45) is 5.73 Å². The van der Waals surface area contributed by atoms with Crippen LogP contribution < -0.4 is 11.1 Å². The summed E-state index contributed by atoms with van der Waals surface area (Å²) < 4.78 is 6.39. The fourth-order valence-corrected chi connectivity index (χ4v) is 1.33. The van der Waals surface area contributed by atoms with Crippen LogP contribution in [0.5, 0.6) is 0 Å². The van der Waals surface area contributed by atoms with Crippen molar-refractivity contribution in [2.45, 2.75) is 19.4 Å². The zero-order valence-corrected chi connectivity index (χ0v) is 10.1. The number of nitrogens with zero attached hydrogens (tertiary/aromatic N) is 3. The lowest BCUT2D eigenvalue weighted by Crippen LogP contribution is -2.29. The van der Waals surface area contributed by atoms with Gasteiger partial charge < -0.3 is 15.8 Å². The highest BCUT2D eigenvalue weighted by atomic mass is 16.5. The third kappa shape index (κ3) is 5.41. The van der Waals surface area contributed by atoms with Crippen molar-refractivity contribution in [3.05, 3.63) is 11.9 Å². The summed E-state index contributed by atoms with van der Waals surface area (Å²) in [5.41, 5.74) is 6.20. The van der Waals surface area contributed by atoms with E-state index in [4.69, 9.17) is 10.5 Å². The standard InChI is InChI=1S/C10H19N5O2/c1-17-6-2-5-12-10(16)8-15-7-9(3-4-11)13-14-15/h7H,2-6,8,11H2,1H3,(H,12,16). The van der Waals surface area contributed by atoms with Crippen LogP contribution in [0.25, 0.3) is 0 Å². The molecule has 1 rings (SSSR count). The first-order chi connectivity index (χ1) is 8.26. The number of aromatic nitrogens is 3. The molecule has 7 nitrogen and oxygen atoms in total. The van der Waals surface area contributed by atoms with Gasteiger partial charge in [-0.2, -0.15) is 0 Å². The number of amides is 1. The molecule has 0 radical (unpaired) electrons. The molecule has 1 aromatic rings. The van der Waals surface area contributed by atoms with Gasteiger partial charge >= 0.3 is 0 Å². The van der Waals surface area contributed by atoms with Gasteiger partial charge in [0, 0.05) is 32.9 Å². The van der Waals surface area contributed by atoms with Gasteiger partial charge in [-0.1, -0.05) is 5.21 Å². The molecule has 0 unspecified atom stereocenters. The molecular weight excluding hydrogens is 222 g/mol. The van der Waals surface area contributed by atoms with Gasteiger partial charge in [-0.25, -0.2) is 4.68 Å². The van der Waals surface area contributed by atoms with Crippen LogP contribution in [0.15, 0.2) is 6.20 Å². The number of carbonyl (C=O) groups excluding carboxylic acids is 1. The van der Waals surface area contributed by atoms with E-state index in [1.807, 2.05) is 0 Å². The van der Waals surface area contributed by atoms with E-state index in [2.05, 4.69) is 15.6 Å². The molecule has 0 spiro atoms. The normalized spacial score (nSPS) is 10.5. The number of rotatable bonds is 8. The molecule has 1 aromatic heterocycles. The predicted octanol–water partition coefficient (Wildman–Crippen LogP) is -1.07. The lowest BCUT2D eigenvalue weighted by molar-refractivity contribution is -0.121. The van der Waals surface area contributed by atoms with Crippen LogP contribution in [-0.4, -0.2) is 47.7 Å². The van der Waals surface area contributed by atoms with Crippen LogP contribution in [0.1, 0.15) is 12.1 Å². The molecule has 0 fully saturated rings. The maximum atomic E-state index is 11.5. The summed E-state index contributed by atoms with van der Waals surface area (Å²) in [4.78, 5) is 11.5. The lowest BCUT2D eigenvalue weighted by atomic mass is 10.3. The molecule has 0 aliphatic carbocycles. The molecule has 7 heteroatoms. The van der Waals surface area contributed by atoms with Gasteiger partial charge in [-0.05, 0) is 13.0 Å². The first kappa shape index (κ1) is 13.6. The SMILES string of the molecule is COCCCNC(=O)Cn1cc(CCN)nn1. The van der Waals surface area contributed by atoms with Gasteiger partial charge in [0.2, 0.25) is 5.91 Å². The Morgan fingerprint density at radius 3 is 3.18 bits per heavy atom. The summed E-state index contributed by atoms with van der Waals surface area (Å²) in [5, 5.41) is 10.5. The minimum atomic E-state index is -0.0784. The number of hydrogen-bond acceptors (Lipinski definition) is 5. The smallest absolute Gasteiger partial charge is 0.241 e. The summed E-state index contributed by atoms with van der Waals surface area (Å²) in [7, 11) is 1.64. The Kier molecular flexibility index (Phi) is 6.19. The van der Waals surface area contributed by atoms with Gasteiger partial charge in [0.15, 0.2) is 0 Å². The van der Waals surface area contributed by atoms with Gasteiger partial charge in [-0.3, -0.25) is 4.79 Å². The molecule has 0 saturated heterocycles. The average molecular weight is 241 g/mol.